The number of carbonyl (C=O) groups is 1. The van der Waals surface area contributed by atoms with Gasteiger partial charge in [0.05, 0.1) is 0 Å². The van der Waals surface area contributed by atoms with Gasteiger partial charge in [0, 0.05) is 6.92 Å². The molecule has 33 heavy (non-hydrogen) atoms. The first kappa shape index (κ1) is 25.6. The van der Waals surface area contributed by atoms with Gasteiger partial charge >= 0.3 is 5.97 Å². The minimum atomic E-state index is -0.0875. The topological polar surface area (TPSA) is 26.3 Å². The first-order valence-corrected chi connectivity index (χ1v) is 14.8. The summed E-state index contributed by atoms with van der Waals surface area (Å²) in [5.41, 5.74) is 1.06. The van der Waals surface area contributed by atoms with Gasteiger partial charge in [-0.2, -0.15) is 0 Å². The second-order valence-corrected chi connectivity index (χ2v) is 13.9. The summed E-state index contributed by atoms with van der Waals surface area (Å²) in [7, 11) is 0. The minimum absolute atomic E-state index is 0.0875. The normalized spacial score (nSPS) is 44.5. The summed E-state index contributed by atoms with van der Waals surface area (Å²) in [6.07, 6.45) is 16.6. The van der Waals surface area contributed by atoms with Gasteiger partial charge in [-0.15, -0.1) is 0 Å². The van der Waals surface area contributed by atoms with E-state index in [1.54, 1.807) is 6.92 Å². The fourth-order valence-corrected chi connectivity index (χ4v) is 10.2. The third-order valence-electron chi connectivity index (χ3n) is 12.2. The Morgan fingerprint density at radius 2 is 1.61 bits per heavy atom. The Hall–Kier alpha value is -0.530. The third kappa shape index (κ3) is 4.67. The maximum Gasteiger partial charge on any atom is 0.302 e. The molecule has 0 aromatic heterocycles. The van der Waals surface area contributed by atoms with Crippen molar-refractivity contribution in [2.75, 3.05) is 0 Å². The van der Waals surface area contributed by atoms with Crippen molar-refractivity contribution in [2.24, 2.45) is 58.2 Å². The number of carbonyl (C=O) groups excluding carboxylic acids is 1. The molecule has 4 aliphatic carbocycles. The summed E-state index contributed by atoms with van der Waals surface area (Å²) >= 11 is 0. The highest BCUT2D eigenvalue weighted by Crippen LogP contribution is 2.68. The molecular formula is C31H54O2. The van der Waals surface area contributed by atoms with Crippen LogP contribution in [0.4, 0.5) is 0 Å². The quantitative estimate of drug-likeness (QED) is 0.357. The number of hydrogen-bond donors (Lipinski definition) is 0. The molecule has 0 aromatic rings. The van der Waals surface area contributed by atoms with Crippen LogP contribution in [0.2, 0.25) is 0 Å². The van der Waals surface area contributed by atoms with Crippen molar-refractivity contribution < 1.29 is 9.53 Å². The Balaban J connectivity index is 1.42. The average molecular weight is 459 g/mol. The molecule has 0 spiro atoms. The molecule has 0 N–H and O–H groups in total. The number of fused-ring (bicyclic) bond motifs is 5. The summed E-state index contributed by atoms with van der Waals surface area (Å²) in [6, 6.07) is 0. The first-order chi connectivity index (χ1) is 15.6. The van der Waals surface area contributed by atoms with E-state index >= 15 is 0 Å². The van der Waals surface area contributed by atoms with E-state index in [9.17, 15) is 4.79 Å². The van der Waals surface area contributed by atoms with Gasteiger partial charge in [0.2, 0.25) is 0 Å². The lowest BCUT2D eigenvalue weighted by molar-refractivity contribution is -0.160. The summed E-state index contributed by atoms with van der Waals surface area (Å²) in [5.74, 6) is 7.06. The molecule has 0 aliphatic heterocycles. The fourth-order valence-electron chi connectivity index (χ4n) is 10.2. The molecule has 0 saturated heterocycles. The third-order valence-corrected chi connectivity index (χ3v) is 12.2. The van der Waals surface area contributed by atoms with E-state index < -0.39 is 0 Å². The van der Waals surface area contributed by atoms with Crippen LogP contribution in [0.15, 0.2) is 0 Å². The number of ether oxygens (including phenoxy) is 1. The van der Waals surface area contributed by atoms with E-state index in [2.05, 4.69) is 41.5 Å². The van der Waals surface area contributed by atoms with Crippen LogP contribution in [-0.2, 0) is 9.53 Å². The summed E-state index contributed by atoms with van der Waals surface area (Å²) < 4.78 is 5.67. The fraction of sp³-hybridized carbons (Fsp3) is 0.968. The van der Waals surface area contributed by atoms with Gasteiger partial charge in [-0.05, 0) is 122 Å². The largest absolute Gasteiger partial charge is 0.463 e. The molecule has 4 aliphatic rings. The van der Waals surface area contributed by atoms with Crippen LogP contribution in [0, 0.1) is 58.2 Å². The predicted molar refractivity (Wildman–Crippen MR) is 138 cm³/mol. The molecular weight excluding hydrogens is 404 g/mol. The zero-order valence-electron chi connectivity index (χ0n) is 23.0. The molecule has 9 unspecified atom stereocenters. The maximum atomic E-state index is 11.5. The highest BCUT2D eigenvalue weighted by Gasteiger charge is 2.60. The van der Waals surface area contributed by atoms with Gasteiger partial charge < -0.3 is 4.74 Å². The maximum absolute atomic E-state index is 11.5. The van der Waals surface area contributed by atoms with Crippen LogP contribution < -0.4 is 0 Å². The SMILES string of the molecule is CCC(CCC(C)C1CCC2C3CC[C@@H]4CC(OC(C)=O)CCC4(C)C3CCC12C)C(C)C. The number of esters is 1. The molecule has 10 atom stereocenters. The van der Waals surface area contributed by atoms with E-state index in [1.165, 1.54) is 64.2 Å². The summed E-state index contributed by atoms with van der Waals surface area (Å²) in [6.45, 7) is 16.8. The molecule has 4 saturated carbocycles. The number of hydrogen-bond acceptors (Lipinski definition) is 2. The molecule has 2 nitrogen and oxygen atoms in total. The second kappa shape index (κ2) is 9.85. The van der Waals surface area contributed by atoms with Crippen LogP contribution >= 0.6 is 0 Å². The van der Waals surface area contributed by atoms with E-state index in [1.807, 2.05) is 0 Å². The smallest absolute Gasteiger partial charge is 0.302 e. The van der Waals surface area contributed by atoms with E-state index in [-0.39, 0.29) is 12.1 Å². The molecule has 0 aromatic carbocycles. The van der Waals surface area contributed by atoms with Crippen molar-refractivity contribution in [3.05, 3.63) is 0 Å². The van der Waals surface area contributed by atoms with Crippen molar-refractivity contribution in [1.82, 2.24) is 0 Å². The van der Waals surface area contributed by atoms with Gasteiger partial charge in [-0.1, -0.05) is 54.4 Å². The lowest BCUT2D eigenvalue weighted by atomic mass is 9.44. The Kier molecular flexibility index (Phi) is 7.63. The van der Waals surface area contributed by atoms with Gasteiger partial charge in [0.1, 0.15) is 6.10 Å². The molecule has 0 heterocycles. The Morgan fingerprint density at radius 1 is 0.909 bits per heavy atom. The van der Waals surface area contributed by atoms with Crippen molar-refractivity contribution in [3.63, 3.8) is 0 Å². The van der Waals surface area contributed by atoms with E-state index in [0.717, 1.165) is 60.2 Å². The standard InChI is InChI=1S/C31H54O2/c1-8-23(20(2)3)10-9-21(4)27-13-14-28-26-12-11-24-19-25(33-22(5)32)15-17-30(24,6)29(26)16-18-31(27,28)7/h20-21,23-29H,8-19H2,1-7H3/t21?,23?,24-,25?,26?,27?,28?,29?,30?,31?/m1/s1. The van der Waals surface area contributed by atoms with Crippen LogP contribution in [-0.4, -0.2) is 12.1 Å². The van der Waals surface area contributed by atoms with E-state index in [4.69, 9.17) is 4.74 Å². The molecule has 190 valence electrons. The molecule has 0 amide bonds. The van der Waals surface area contributed by atoms with Gasteiger partial charge in [-0.3, -0.25) is 4.79 Å². The van der Waals surface area contributed by atoms with Gasteiger partial charge in [0.25, 0.3) is 0 Å². The average Bonchev–Trinajstić information content (AvgIpc) is 3.11. The van der Waals surface area contributed by atoms with Crippen LogP contribution in [0.5, 0.6) is 0 Å². The molecule has 2 heteroatoms. The van der Waals surface area contributed by atoms with E-state index in [0.29, 0.717) is 10.8 Å². The minimum Gasteiger partial charge on any atom is -0.463 e. The molecule has 4 rings (SSSR count). The van der Waals surface area contributed by atoms with Crippen molar-refractivity contribution in [1.29, 1.82) is 0 Å². The lowest BCUT2D eigenvalue weighted by Gasteiger charge is -2.61. The van der Waals surface area contributed by atoms with Crippen LogP contribution in [0.25, 0.3) is 0 Å². The Bertz CT molecular complexity index is 684. The van der Waals surface area contributed by atoms with Gasteiger partial charge in [0.15, 0.2) is 0 Å². The van der Waals surface area contributed by atoms with Crippen molar-refractivity contribution >= 4 is 5.97 Å². The monoisotopic (exact) mass is 458 g/mol. The zero-order chi connectivity index (χ0) is 24.0. The van der Waals surface area contributed by atoms with Crippen LogP contribution in [0.1, 0.15) is 126 Å². The van der Waals surface area contributed by atoms with Gasteiger partial charge in [-0.25, -0.2) is 0 Å². The highest BCUT2D eigenvalue weighted by atomic mass is 16.5. The summed E-state index contributed by atoms with van der Waals surface area (Å²) in [5, 5.41) is 0. The Labute approximate surface area is 205 Å². The second-order valence-electron chi connectivity index (χ2n) is 13.9. The molecule has 0 bridgehead atoms. The van der Waals surface area contributed by atoms with Crippen LogP contribution in [0.3, 0.4) is 0 Å². The highest BCUT2D eigenvalue weighted by molar-refractivity contribution is 5.66. The number of rotatable bonds is 7. The summed E-state index contributed by atoms with van der Waals surface area (Å²) in [4.78, 5) is 11.5. The van der Waals surface area contributed by atoms with Crippen molar-refractivity contribution in [3.8, 4) is 0 Å². The predicted octanol–water partition coefficient (Wildman–Crippen LogP) is 8.68. The van der Waals surface area contributed by atoms with Crippen molar-refractivity contribution in [2.45, 2.75) is 132 Å². The Morgan fingerprint density at radius 3 is 2.27 bits per heavy atom. The first-order valence-electron chi connectivity index (χ1n) is 14.8. The molecule has 4 fully saturated rings. The molecule has 0 radical (unpaired) electrons. The zero-order valence-corrected chi connectivity index (χ0v) is 23.0. The lowest BCUT2D eigenvalue weighted by Crippen LogP contribution is -2.54.